The van der Waals surface area contributed by atoms with Crippen LogP contribution in [0.3, 0.4) is 0 Å². The number of aryl methyl sites for hydroxylation is 1. The third kappa shape index (κ3) is 3.69. The molecular formula is C13H20ClFN2O2S. The molecule has 1 aliphatic heterocycles. The second-order valence-corrected chi connectivity index (χ2v) is 6.65. The molecule has 0 bridgehead atoms. The molecule has 1 heterocycles. The Kier molecular flexibility index (Phi) is 5.94. The van der Waals surface area contributed by atoms with Crippen molar-refractivity contribution in [3.8, 4) is 0 Å². The van der Waals surface area contributed by atoms with E-state index in [4.69, 9.17) is 0 Å². The van der Waals surface area contributed by atoms with Crippen LogP contribution in [0.2, 0.25) is 0 Å². The van der Waals surface area contributed by atoms with Gasteiger partial charge in [0.2, 0.25) is 10.0 Å². The molecular weight excluding hydrogens is 303 g/mol. The van der Waals surface area contributed by atoms with E-state index in [0.717, 1.165) is 19.4 Å². The Morgan fingerprint density at radius 2 is 2.10 bits per heavy atom. The Morgan fingerprint density at radius 3 is 2.70 bits per heavy atom. The zero-order chi connectivity index (χ0) is 14.0. The molecule has 0 saturated carbocycles. The lowest BCUT2D eigenvalue weighted by Gasteiger charge is -2.30. The number of hydrogen-bond acceptors (Lipinski definition) is 3. The van der Waals surface area contributed by atoms with Crippen LogP contribution in [0.15, 0.2) is 23.1 Å². The summed E-state index contributed by atoms with van der Waals surface area (Å²) in [6, 6.07) is 4.13. The largest absolute Gasteiger partial charge is 0.313 e. The van der Waals surface area contributed by atoms with Crippen molar-refractivity contribution < 1.29 is 12.8 Å². The minimum Gasteiger partial charge on any atom is -0.313 e. The number of rotatable bonds is 3. The zero-order valence-electron chi connectivity index (χ0n) is 11.5. The molecule has 0 aliphatic carbocycles. The highest BCUT2D eigenvalue weighted by Gasteiger charge is 2.29. The van der Waals surface area contributed by atoms with Crippen molar-refractivity contribution in [2.75, 3.05) is 6.54 Å². The highest BCUT2D eigenvalue weighted by molar-refractivity contribution is 7.89. The standard InChI is InChI=1S/C13H19FN2O2S.ClH/c1-9-5-3-6-11(14)13(9)19(17,18)16-12-7-4-8-15-10(12)2;/h3,5-6,10,12,15-16H,4,7-8H2,1-2H3;1H. The van der Waals surface area contributed by atoms with Crippen molar-refractivity contribution in [1.82, 2.24) is 10.0 Å². The van der Waals surface area contributed by atoms with E-state index in [2.05, 4.69) is 10.0 Å². The molecule has 2 N–H and O–H groups in total. The fourth-order valence-electron chi connectivity index (χ4n) is 2.42. The normalized spacial score (nSPS) is 23.1. The van der Waals surface area contributed by atoms with Gasteiger partial charge in [0, 0.05) is 12.1 Å². The van der Waals surface area contributed by atoms with Gasteiger partial charge in [-0.2, -0.15) is 0 Å². The number of nitrogens with one attached hydrogen (secondary N) is 2. The van der Waals surface area contributed by atoms with Gasteiger partial charge in [0.15, 0.2) is 0 Å². The summed E-state index contributed by atoms with van der Waals surface area (Å²) >= 11 is 0. The van der Waals surface area contributed by atoms with Gasteiger partial charge in [0.1, 0.15) is 10.7 Å². The lowest BCUT2D eigenvalue weighted by Crippen LogP contribution is -2.51. The van der Waals surface area contributed by atoms with Crippen molar-refractivity contribution in [2.24, 2.45) is 0 Å². The second-order valence-electron chi connectivity index (χ2n) is 5.00. The zero-order valence-corrected chi connectivity index (χ0v) is 13.2. The van der Waals surface area contributed by atoms with Crippen LogP contribution in [-0.2, 0) is 10.0 Å². The number of hydrogen-bond donors (Lipinski definition) is 2. The van der Waals surface area contributed by atoms with Gasteiger partial charge in [-0.1, -0.05) is 12.1 Å². The Morgan fingerprint density at radius 1 is 1.40 bits per heavy atom. The fraction of sp³-hybridized carbons (Fsp3) is 0.538. The van der Waals surface area contributed by atoms with Crippen LogP contribution in [0.1, 0.15) is 25.3 Å². The molecule has 0 radical (unpaired) electrons. The van der Waals surface area contributed by atoms with Gasteiger partial charge in [-0.15, -0.1) is 12.4 Å². The van der Waals surface area contributed by atoms with Gasteiger partial charge < -0.3 is 5.32 Å². The summed E-state index contributed by atoms with van der Waals surface area (Å²) in [5.41, 5.74) is 0.420. The summed E-state index contributed by atoms with van der Waals surface area (Å²) in [6.07, 6.45) is 1.68. The van der Waals surface area contributed by atoms with E-state index in [0.29, 0.717) is 5.56 Å². The van der Waals surface area contributed by atoms with Gasteiger partial charge in [-0.25, -0.2) is 17.5 Å². The van der Waals surface area contributed by atoms with Crippen molar-refractivity contribution in [2.45, 2.75) is 43.7 Å². The first-order chi connectivity index (χ1) is 8.92. The fourth-order valence-corrected chi connectivity index (χ4v) is 4.08. The van der Waals surface area contributed by atoms with E-state index in [-0.39, 0.29) is 29.4 Å². The molecule has 1 fully saturated rings. The molecule has 0 amide bonds. The highest BCUT2D eigenvalue weighted by atomic mass is 35.5. The predicted molar refractivity (Wildman–Crippen MR) is 79.2 cm³/mol. The maximum Gasteiger partial charge on any atom is 0.244 e. The van der Waals surface area contributed by atoms with Gasteiger partial charge in [0.25, 0.3) is 0 Å². The summed E-state index contributed by atoms with van der Waals surface area (Å²) in [4.78, 5) is -0.243. The van der Waals surface area contributed by atoms with Gasteiger partial charge in [-0.3, -0.25) is 0 Å². The van der Waals surface area contributed by atoms with Crippen LogP contribution in [0.5, 0.6) is 0 Å². The number of piperidine rings is 1. The molecule has 1 aliphatic rings. The van der Waals surface area contributed by atoms with Crippen molar-refractivity contribution in [3.63, 3.8) is 0 Å². The van der Waals surface area contributed by atoms with E-state index in [1.165, 1.54) is 12.1 Å². The van der Waals surface area contributed by atoms with Gasteiger partial charge in [-0.05, 0) is 44.9 Å². The lowest BCUT2D eigenvalue weighted by molar-refractivity contribution is 0.348. The molecule has 2 unspecified atom stereocenters. The average Bonchev–Trinajstić information content (AvgIpc) is 2.31. The molecule has 0 spiro atoms. The van der Waals surface area contributed by atoms with Crippen LogP contribution >= 0.6 is 12.4 Å². The Hall–Kier alpha value is -0.690. The van der Waals surface area contributed by atoms with Crippen LogP contribution < -0.4 is 10.0 Å². The molecule has 114 valence electrons. The quantitative estimate of drug-likeness (QED) is 0.894. The maximum atomic E-state index is 13.8. The first-order valence-electron chi connectivity index (χ1n) is 6.42. The Balaban J connectivity index is 0.00000200. The SMILES string of the molecule is Cc1cccc(F)c1S(=O)(=O)NC1CCCNC1C.Cl. The molecule has 4 nitrogen and oxygen atoms in total. The topological polar surface area (TPSA) is 58.2 Å². The van der Waals surface area contributed by atoms with Crippen LogP contribution in [0, 0.1) is 12.7 Å². The minimum absolute atomic E-state index is 0. The second kappa shape index (κ2) is 6.85. The number of halogens is 2. The van der Waals surface area contributed by atoms with E-state index < -0.39 is 15.8 Å². The summed E-state index contributed by atoms with van der Waals surface area (Å²) in [5.74, 6) is -0.705. The molecule has 1 aromatic carbocycles. The van der Waals surface area contributed by atoms with Gasteiger partial charge >= 0.3 is 0 Å². The molecule has 1 aromatic rings. The first-order valence-corrected chi connectivity index (χ1v) is 7.91. The smallest absolute Gasteiger partial charge is 0.244 e. The molecule has 2 atom stereocenters. The summed E-state index contributed by atoms with van der Waals surface area (Å²) in [7, 11) is -3.82. The third-order valence-electron chi connectivity index (χ3n) is 3.50. The number of benzene rings is 1. The van der Waals surface area contributed by atoms with E-state index in [1.807, 2.05) is 6.92 Å². The van der Waals surface area contributed by atoms with Gasteiger partial charge in [0.05, 0.1) is 0 Å². The number of sulfonamides is 1. The summed E-state index contributed by atoms with van der Waals surface area (Å²) < 4.78 is 41.0. The minimum atomic E-state index is -3.82. The maximum absolute atomic E-state index is 13.8. The molecule has 0 aromatic heterocycles. The molecule has 2 rings (SSSR count). The monoisotopic (exact) mass is 322 g/mol. The average molecular weight is 323 g/mol. The summed E-state index contributed by atoms with van der Waals surface area (Å²) in [5, 5.41) is 3.21. The Bertz CT molecular complexity index is 545. The molecule has 7 heteroatoms. The van der Waals surface area contributed by atoms with E-state index >= 15 is 0 Å². The van der Waals surface area contributed by atoms with E-state index in [9.17, 15) is 12.8 Å². The van der Waals surface area contributed by atoms with Crippen LogP contribution in [0.4, 0.5) is 4.39 Å². The van der Waals surface area contributed by atoms with Crippen molar-refractivity contribution in [1.29, 1.82) is 0 Å². The van der Waals surface area contributed by atoms with Crippen LogP contribution in [0.25, 0.3) is 0 Å². The molecule has 1 saturated heterocycles. The first kappa shape index (κ1) is 17.4. The highest BCUT2D eigenvalue weighted by Crippen LogP contribution is 2.20. The third-order valence-corrected chi connectivity index (χ3v) is 5.17. The van der Waals surface area contributed by atoms with Crippen molar-refractivity contribution >= 4 is 22.4 Å². The Labute approximate surface area is 125 Å². The molecule has 20 heavy (non-hydrogen) atoms. The lowest BCUT2D eigenvalue weighted by atomic mass is 10.0. The van der Waals surface area contributed by atoms with E-state index in [1.54, 1.807) is 13.0 Å². The summed E-state index contributed by atoms with van der Waals surface area (Å²) in [6.45, 7) is 4.42. The van der Waals surface area contributed by atoms with Crippen molar-refractivity contribution in [3.05, 3.63) is 29.6 Å². The van der Waals surface area contributed by atoms with Crippen LogP contribution in [-0.4, -0.2) is 27.0 Å². The predicted octanol–water partition coefficient (Wildman–Crippen LogP) is 1.97.